The lowest BCUT2D eigenvalue weighted by Crippen LogP contribution is -1.99. The van der Waals surface area contributed by atoms with E-state index in [1.54, 1.807) is 36.4 Å². The summed E-state index contributed by atoms with van der Waals surface area (Å²) in [6, 6.07) is 5.63. The van der Waals surface area contributed by atoms with Gasteiger partial charge in [-0.05, 0) is 56.4 Å². The molecule has 0 atom stereocenters. The van der Waals surface area contributed by atoms with Crippen molar-refractivity contribution in [1.82, 2.24) is 19.6 Å². The fourth-order valence-corrected chi connectivity index (χ4v) is 5.36. The van der Waals surface area contributed by atoms with Gasteiger partial charge < -0.3 is 14.3 Å². The molecule has 9 heteroatoms. The maximum Gasteiger partial charge on any atom is 0.192 e. The zero-order chi connectivity index (χ0) is 22.1. The van der Waals surface area contributed by atoms with Crippen LogP contribution >= 0.6 is 11.3 Å². The Morgan fingerprint density at radius 3 is 2.81 bits per heavy atom. The number of oxime groups is 1. The molecule has 0 unspecified atom stereocenters. The first-order chi connectivity index (χ1) is 15.7. The van der Waals surface area contributed by atoms with Gasteiger partial charge in [0.2, 0.25) is 0 Å². The summed E-state index contributed by atoms with van der Waals surface area (Å²) in [5, 5.41) is 9.95. The van der Waals surface area contributed by atoms with Crippen molar-refractivity contribution in [2.24, 2.45) is 5.16 Å². The smallest absolute Gasteiger partial charge is 0.192 e. The van der Waals surface area contributed by atoms with Crippen molar-refractivity contribution in [3.8, 4) is 11.5 Å². The van der Waals surface area contributed by atoms with Crippen molar-refractivity contribution in [2.45, 2.75) is 45.6 Å². The number of methoxy groups -OCH3 is 2. The van der Waals surface area contributed by atoms with Crippen LogP contribution < -0.4 is 9.47 Å². The Balaban J connectivity index is 1.38. The Bertz CT molecular complexity index is 1310. The van der Waals surface area contributed by atoms with Gasteiger partial charge in [0.15, 0.2) is 29.6 Å². The highest BCUT2D eigenvalue weighted by Gasteiger charge is 2.20. The molecule has 0 bridgehead atoms. The Morgan fingerprint density at radius 2 is 1.97 bits per heavy atom. The van der Waals surface area contributed by atoms with Crippen molar-refractivity contribution in [3.05, 3.63) is 46.4 Å². The van der Waals surface area contributed by atoms with Crippen LogP contribution in [0.15, 0.2) is 29.7 Å². The molecule has 0 saturated heterocycles. The van der Waals surface area contributed by atoms with Crippen LogP contribution in [0, 0.1) is 0 Å². The minimum atomic E-state index is 0.181. The largest absolute Gasteiger partial charge is 0.493 e. The molecule has 0 saturated carbocycles. The predicted octanol–water partition coefficient (Wildman–Crippen LogP) is 4.57. The molecule has 8 nitrogen and oxygen atoms in total. The molecule has 5 rings (SSSR count). The number of rotatable bonds is 6. The highest BCUT2D eigenvalue weighted by atomic mass is 32.1. The zero-order valence-corrected chi connectivity index (χ0v) is 19.2. The fourth-order valence-electron chi connectivity index (χ4n) is 4.14. The molecule has 3 aromatic heterocycles. The van der Waals surface area contributed by atoms with E-state index < -0.39 is 0 Å². The molecule has 32 heavy (non-hydrogen) atoms. The van der Waals surface area contributed by atoms with Gasteiger partial charge in [-0.25, -0.2) is 14.5 Å². The maximum atomic E-state index is 5.58. The molecule has 1 aliphatic carbocycles. The first-order valence-corrected chi connectivity index (χ1v) is 11.5. The average molecular weight is 452 g/mol. The molecule has 166 valence electrons. The summed E-state index contributed by atoms with van der Waals surface area (Å²) in [6.07, 6.45) is 7.71. The molecule has 3 heterocycles. The van der Waals surface area contributed by atoms with Crippen LogP contribution in [-0.4, -0.2) is 39.5 Å². The normalized spacial score (nSPS) is 14.4. The average Bonchev–Trinajstić information content (AvgIpc) is 3.31. The van der Waals surface area contributed by atoms with Crippen molar-refractivity contribution >= 4 is 32.9 Å². The quantitative estimate of drug-likeness (QED) is 0.243. The van der Waals surface area contributed by atoms with Gasteiger partial charge in [-0.3, -0.25) is 0 Å². The molecule has 0 amide bonds. The van der Waals surface area contributed by atoms with E-state index in [2.05, 4.69) is 15.2 Å². The molecule has 1 aromatic carbocycles. The van der Waals surface area contributed by atoms with E-state index in [9.17, 15) is 0 Å². The number of thiophene rings is 1. The lowest BCUT2D eigenvalue weighted by molar-refractivity contribution is 0.125. The number of hydrogen-bond acceptors (Lipinski definition) is 8. The fraction of sp³-hybridized carbons (Fsp3) is 0.391. The summed E-state index contributed by atoms with van der Waals surface area (Å²) in [5.41, 5.74) is 3.87. The summed E-state index contributed by atoms with van der Waals surface area (Å²) >= 11 is 1.80. The number of nitrogens with zero attached hydrogens (tertiary/aromatic N) is 5. The van der Waals surface area contributed by atoms with E-state index >= 15 is 0 Å². The van der Waals surface area contributed by atoms with Gasteiger partial charge >= 0.3 is 0 Å². The van der Waals surface area contributed by atoms with E-state index in [0.717, 1.165) is 40.0 Å². The number of fused-ring (bicyclic) bond motifs is 5. The van der Waals surface area contributed by atoms with Crippen LogP contribution in [0.25, 0.3) is 15.9 Å². The van der Waals surface area contributed by atoms with Crippen LogP contribution in [0.5, 0.6) is 11.5 Å². The Labute approximate surface area is 189 Å². The Hall–Kier alpha value is -3.20. The third kappa shape index (κ3) is 3.77. The number of ether oxygens (including phenoxy) is 2. The molecule has 0 spiro atoms. The molecule has 0 aliphatic heterocycles. The monoisotopic (exact) mass is 451 g/mol. The topological polar surface area (TPSA) is 83.1 Å². The molecule has 4 aromatic rings. The summed E-state index contributed by atoms with van der Waals surface area (Å²) in [5.74, 6) is 1.90. The molecular formula is C23H25N5O3S. The van der Waals surface area contributed by atoms with Crippen molar-refractivity contribution in [3.63, 3.8) is 0 Å². The first kappa shape index (κ1) is 20.7. The van der Waals surface area contributed by atoms with Gasteiger partial charge in [0.1, 0.15) is 11.2 Å². The third-order valence-electron chi connectivity index (χ3n) is 5.78. The standard InChI is InChI=1S/C23H25N5O3S/c1-14(15-9-10-17(29-2)18(11-15)30-3)27-31-12-20-25-22-21-16-7-5-4-6-8-19(16)32-23(21)24-13-28(22)26-20/h9-11,13H,4-8,12H2,1-3H3. The second-order valence-electron chi connectivity index (χ2n) is 7.81. The highest BCUT2D eigenvalue weighted by molar-refractivity contribution is 7.19. The van der Waals surface area contributed by atoms with Gasteiger partial charge in [0.25, 0.3) is 0 Å². The minimum absolute atomic E-state index is 0.181. The summed E-state index contributed by atoms with van der Waals surface area (Å²) in [7, 11) is 3.22. The molecule has 0 radical (unpaired) electrons. The van der Waals surface area contributed by atoms with Gasteiger partial charge in [0, 0.05) is 10.4 Å². The van der Waals surface area contributed by atoms with Crippen LogP contribution in [0.1, 0.15) is 48.0 Å². The summed E-state index contributed by atoms with van der Waals surface area (Å²) < 4.78 is 12.4. The van der Waals surface area contributed by atoms with Gasteiger partial charge in [-0.15, -0.1) is 16.4 Å². The number of hydrogen-bond donors (Lipinski definition) is 0. The molecule has 0 N–H and O–H groups in total. The number of aryl methyl sites for hydroxylation is 2. The van der Waals surface area contributed by atoms with Crippen molar-refractivity contribution in [2.75, 3.05) is 14.2 Å². The number of benzene rings is 1. The molecule has 1 aliphatic rings. The van der Waals surface area contributed by atoms with E-state index in [4.69, 9.17) is 19.3 Å². The third-order valence-corrected chi connectivity index (χ3v) is 6.98. The summed E-state index contributed by atoms with van der Waals surface area (Å²) in [4.78, 5) is 17.5. The zero-order valence-electron chi connectivity index (χ0n) is 18.4. The van der Waals surface area contributed by atoms with Crippen molar-refractivity contribution < 1.29 is 14.3 Å². The lowest BCUT2D eigenvalue weighted by Gasteiger charge is -2.09. The van der Waals surface area contributed by atoms with Crippen LogP contribution in [0.4, 0.5) is 0 Å². The van der Waals surface area contributed by atoms with Gasteiger partial charge in [0.05, 0.1) is 25.3 Å². The van der Waals surface area contributed by atoms with Crippen LogP contribution in [-0.2, 0) is 24.3 Å². The lowest BCUT2D eigenvalue weighted by atomic mass is 10.1. The van der Waals surface area contributed by atoms with E-state index in [-0.39, 0.29) is 6.61 Å². The predicted molar refractivity (Wildman–Crippen MR) is 124 cm³/mol. The summed E-state index contributed by atoms with van der Waals surface area (Å²) in [6.45, 7) is 2.06. The van der Waals surface area contributed by atoms with Crippen molar-refractivity contribution in [1.29, 1.82) is 0 Å². The highest BCUT2D eigenvalue weighted by Crippen LogP contribution is 2.36. The number of aromatic nitrogens is 4. The van der Waals surface area contributed by atoms with Crippen LogP contribution in [0.2, 0.25) is 0 Å². The molecular weight excluding hydrogens is 426 g/mol. The van der Waals surface area contributed by atoms with E-state index in [0.29, 0.717) is 17.3 Å². The van der Waals surface area contributed by atoms with E-state index in [1.165, 1.54) is 29.7 Å². The Kier molecular flexibility index (Phi) is 5.65. The second-order valence-corrected chi connectivity index (χ2v) is 8.89. The Morgan fingerprint density at radius 1 is 1.12 bits per heavy atom. The minimum Gasteiger partial charge on any atom is -0.493 e. The van der Waals surface area contributed by atoms with Crippen LogP contribution in [0.3, 0.4) is 0 Å². The SMILES string of the molecule is COc1ccc(C(C)=NOCc2nc3c4c5c(sc4ncn3n2)CCCCC5)cc1OC. The molecule has 0 fully saturated rings. The first-order valence-electron chi connectivity index (χ1n) is 10.7. The second kappa shape index (κ2) is 8.74. The van der Waals surface area contributed by atoms with Gasteiger partial charge in [-0.2, -0.15) is 0 Å². The van der Waals surface area contributed by atoms with Gasteiger partial charge in [-0.1, -0.05) is 11.6 Å². The van der Waals surface area contributed by atoms with E-state index in [1.807, 2.05) is 25.1 Å². The maximum absolute atomic E-state index is 5.58.